The standard InChI is InChI=1S/C40H44FN7O5.CH4/c1-44-14-16-46(17-15-44)40(51)29-23-48-31-20-33-27(26-7-3-4-8-32(26)52-33)19-34(31)53-39-36(48)28(38(29)50)18-30(41)37(39)47-13-10-24(22-47)43-35(49)21-42-11-9-25-6-5-12-45(25)2;/h3-4,7-8,18-20,23-25,42H,5-6,9-17,21-22H2,1-2H3,(H,43,49);1H4/t24-,25?;/m1./s1. The zero-order valence-corrected chi connectivity index (χ0v) is 30.1. The Labute approximate surface area is 313 Å². The Kier molecular flexibility index (Phi) is 9.57. The molecule has 0 bridgehead atoms. The van der Waals surface area contributed by atoms with E-state index in [1.807, 2.05) is 48.3 Å². The first-order valence-corrected chi connectivity index (χ1v) is 18.7. The van der Waals surface area contributed by atoms with Crippen LogP contribution in [-0.4, -0.2) is 116 Å². The maximum atomic E-state index is 16.5. The Balaban J connectivity index is 0.00000413. The topological polar surface area (TPSA) is 116 Å². The van der Waals surface area contributed by atoms with Crippen molar-refractivity contribution >= 4 is 50.3 Å². The van der Waals surface area contributed by atoms with Crippen LogP contribution in [0.25, 0.3) is 38.5 Å². The number of likely N-dealkylation sites (tertiary alicyclic amines) is 1. The maximum absolute atomic E-state index is 16.5. The number of likely N-dealkylation sites (N-methyl/N-ethyl adjacent to an activating group) is 1. The molecule has 2 amide bonds. The summed E-state index contributed by atoms with van der Waals surface area (Å²) in [6, 6.07) is 13.1. The predicted molar refractivity (Wildman–Crippen MR) is 209 cm³/mol. The fourth-order valence-corrected chi connectivity index (χ4v) is 8.62. The summed E-state index contributed by atoms with van der Waals surface area (Å²) in [4.78, 5) is 49.1. The molecule has 0 saturated carbocycles. The lowest BCUT2D eigenvalue weighted by atomic mass is 10.0. The van der Waals surface area contributed by atoms with Crippen molar-refractivity contribution in [2.45, 2.75) is 45.2 Å². The highest BCUT2D eigenvalue weighted by Gasteiger charge is 2.35. The van der Waals surface area contributed by atoms with Crippen molar-refractivity contribution in [1.82, 2.24) is 29.9 Å². The van der Waals surface area contributed by atoms with Crippen LogP contribution in [0.1, 0.15) is 43.5 Å². The molecular weight excluding hydrogens is 689 g/mol. The number of rotatable bonds is 8. The van der Waals surface area contributed by atoms with Crippen molar-refractivity contribution in [3.05, 3.63) is 70.3 Å². The molecule has 4 aliphatic rings. The van der Waals surface area contributed by atoms with Crippen LogP contribution in [0.2, 0.25) is 0 Å². The molecule has 0 radical (unpaired) electrons. The average molecular weight is 738 g/mol. The van der Waals surface area contributed by atoms with Gasteiger partial charge in [-0.3, -0.25) is 14.4 Å². The molecule has 13 heteroatoms. The zero-order chi connectivity index (χ0) is 36.4. The highest BCUT2D eigenvalue weighted by atomic mass is 19.1. The monoisotopic (exact) mass is 737 g/mol. The number of hydrogen-bond donors (Lipinski definition) is 2. The summed E-state index contributed by atoms with van der Waals surface area (Å²) in [5.41, 5.74) is 1.96. The normalized spacial score (nSPS) is 20.1. The molecule has 0 aliphatic carbocycles. The van der Waals surface area contributed by atoms with Gasteiger partial charge in [-0.25, -0.2) is 4.39 Å². The van der Waals surface area contributed by atoms with Crippen LogP contribution >= 0.6 is 0 Å². The van der Waals surface area contributed by atoms with E-state index in [0.717, 1.165) is 30.3 Å². The Bertz CT molecular complexity index is 2330. The largest absolute Gasteiger partial charge is 0.456 e. The lowest BCUT2D eigenvalue weighted by Gasteiger charge is -2.33. The lowest BCUT2D eigenvalue weighted by Crippen LogP contribution is -2.48. The van der Waals surface area contributed by atoms with Crippen LogP contribution in [0, 0.1) is 5.82 Å². The summed E-state index contributed by atoms with van der Waals surface area (Å²) in [5, 5.41) is 8.21. The summed E-state index contributed by atoms with van der Waals surface area (Å²) in [6.45, 7) is 5.35. The molecule has 0 spiro atoms. The summed E-state index contributed by atoms with van der Waals surface area (Å²) in [5.74, 6) is -0.434. The fraction of sp³-hybridized carbons (Fsp3) is 0.439. The molecule has 5 aromatic rings. The Hall–Kier alpha value is -4.98. The second-order valence-corrected chi connectivity index (χ2v) is 15.0. The third kappa shape index (κ3) is 6.27. The van der Waals surface area contributed by atoms with Gasteiger partial charge in [0.15, 0.2) is 17.3 Å². The van der Waals surface area contributed by atoms with Crippen molar-refractivity contribution < 1.29 is 23.1 Å². The van der Waals surface area contributed by atoms with E-state index < -0.39 is 11.2 Å². The molecule has 54 heavy (non-hydrogen) atoms. The van der Waals surface area contributed by atoms with E-state index in [4.69, 9.17) is 9.15 Å². The minimum absolute atomic E-state index is 0. The molecule has 2 atom stereocenters. The summed E-state index contributed by atoms with van der Waals surface area (Å²) >= 11 is 0. The molecular formula is C41H48FN7O5. The molecule has 6 heterocycles. The van der Waals surface area contributed by atoms with Crippen molar-refractivity contribution in [3.8, 4) is 17.2 Å². The van der Waals surface area contributed by atoms with Crippen molar-refractivity contribution in [3.63, 3.8) is 0 Å². The van der Waals surface area contributed by atoms with E-state index in [9.17, 15) is 14.4 Å². The second-order valence-electron chi connectivity index (χ2n) is 15.0. The zero-order valence-electron chi connectivity index (χ0n) is 30.1. The van der Waals surface area contributed by atoms with Gasteiger partial charge in [-0.15, -0.1) is 0 Å². The number of ether oxygens (including phenoxy) is 1. The number of piperazine rings is 1. The number of halogens is 1. The quantitative estimate of drug-likeness (QED) is 0.210. The highest BCUT2D eigenvalue weighted by Crippen LogP contribution is 2.49. The number of amides is 2. The SMILES string of the molecule is C.CN1CCN(C(=O)c2cn3c4c(c(N5CC[C@@H](NC(=O)CNCCC6CCCN6C)C5)c(F)cc4c2=O)Oc2cc4c(cc2-3)oc2ccccc24)CC1. The van der Waals surface area contributed by atoms with E-state index in [1.165, 1.54) is 18.9 Å². The summed E-state index contributed by atoms with van der Waals surface area (Å²) < 4.78 is 31.2. The number of nitrogens with zero attached hydrogens (tertiary/aromatic N) is 5. The molecule has 2 aromatic heterocycles. The van der Waals surface area contributed by atoms with Crippen LogP contribution in [0.3, 0.4) is 0 Å². The van der Waals surface area contributed by atoms with E-state index in [-0.39, 0.29) is 54.2 Å². The average Bonchev–Trinajstić information content (AvgIpc) is 3.88. The van der Waals surface area contributed by atoms with E-state index >= 15 is 4.39 Å². The maximum Gasteiger partial charge on any atom is 0.259 e. The summed E-state index contributed by atoms with van der Waals surface area (Å²) in [6.07, 6.45) is 5.63. The first-order chi connectivity index (χ1) is 25.7. The lowest BCUT2D eigenvalue weighted by molar-refractivity contribution is -0.120. The van der Waals surface area contributed by atoms with Crippen LogP contribution in [0.4, 0.5) is 10.1 Å². The molecule has 9 rings (SSSR count). The van der Waals surface area contributed by atoms with Gasteiger partial charge in [0.25, 0.3) is 5.91 Å². The number of furan rings is 1. The molecule has 2 N–H and O–H groups in total. The van der Waals surface area contributed by atoms with Crippen LogP contribution in [0.5, 0.6) is 11.5 Å². The number of anilines is 1. The molecule has 12 nitrogen and oxygen atoms in total. The fourth-order valence-electron chi connectivity index (χ4n) is 8.62. The Morgan fingerprint density at radius 2 is 1.76 bits per heavy atom. The van der Waals surface area contributed by atoms with E-state index in [2.05, 4.69) is 27.5 Å². The van der Waals surface area contributed by atoms with Gasteiger partial charge in [-0.1, -0.05) is 25.6 Å². The first kappa shape index (κ1) is 36.0. The predicted octanol–water partition coefficient (Wildman–Crippen LogP) is 4.93. The van der Waals surface area contributed by atoms with Gasteiger partial charge >= 0.3 is 0 Å². The third-order valence-corrected chi connectivity index (χ3v) is 11.6. The highest BCUT2D eigenvalue weighted by molar-refractivity contribution is 6.07. The molecule has 3 fully saturated rings. The van der Waals surface area contributed by atoms with Crippen LogP contribution < -0.4 is 25.7 Å². The minimum atomic E-state index is -0.621. The number of para-hydroxylation sites is 1. The van der Waals surface area contributed by atoms with Gasteiger partial charge in [-0.2, -0.15) is 0 Å². The van der Waals surface area contributed by atoms with Crippen molar-refractivity contribution in [1.29, 1.82) is 0 Å². The number of fused-ring (bicyclic) bond motifs is 5. The van der Waals surface area contributed by atoms with Crippen molar-refractivity contribution in [2.75, 3.05) is 77.9 Å². The molecule has 1 unspecified atom stereocenters. The smallest absolute Gasteiger partial charge is 0.259 e. The van der Waals surface area contributed by atoms with Gasteiger partial charge in [0, 0.05) is 74.4 Å². The second kappa shape index (κ2) is 14.3. The molecule has 284 valence electrons. The summed E-state index contributed by atoms with van der Waals surface area (Å²) in [7, 11) is 4.15. The Morgan fingerprint density at radius 3 is 2.56 bits per heavy atom. The Morgan fingerprint density at radius 1 is 0.944 bits per heavy atom. The minimum Gasteiger partial charge on any atom is -0.456 e. The molecule has 3 aromatic carbocycles. The first-order valence-electron chi connectivity index (χ1n) is 18.7. The van der Waals surface area contributed by atoms with Gasteiger partial charge in [0.05, 0.1) is 17.6 Å². The number of benzene rings is 3. The number of nitrogens with one attached hydrogen (secondary N) is 2. The van der Waals surface area contributed by atoms with Gasteiger partial charge in [-0.05, 0) is 71.1 Å². The van der Waals surface area contributed by atoms with E-state index in [1.54, 1.807) is 15.7 Å². The number of pyridine rings is 1. The number of carbonyl (C=O) groups excluding carboxylic acids is 2. The van der Waals surface area contributed by atoms with Gasteiger partial charge in [0.2, 0.25) is 11.3 Å². The molecule has 4 aliphatic heterocycles. The molecule has 3 saturated heterocycles. The number of carbonyl (C=O) groups is 2. The number of hydrogen-bond acceptors (Lipinski definition) is 9. The van der Waals surface area contributed by atoms with E-state index in [0.29, 0.717) is 79.9 Å². The van der Waals surface area contributed by atoms with Crippen LogP contribution in [0.15, 0.2) is 57.9 Å². The third-order valence-electron chi connectivity index (χ3n) is 11.6. The van der Waals surface area contributed by atoms with Gasteiger partial charge < -0.3 is 44.0 Å². The van der Waals surface area contributed by atoms with Gasteiger partial charge in [0.1, 0.15) is 27.9 Å². The number of aromatic nitrogens is 1. The van der Waals surface area contributed by atoms with Crippen LogP contribution in [-0.2, 0) is 4.79 Å². The van der Waals surface area contributed by atoms with Crippen molar-refractivity contribution in [2.24, 2.45) is 0 Å².